The molecular weight excluding hydrogens is 246 g/mol. The maximum Gasteiger partial charge on any atom is 0.0890 e. The molecular formula is C18H29NO. The maximum atomic E-state index is 11.4. The van der Waals surface area contributed by atoms with E-state index in [9.17, 15) is 10.4 Å². The van der Waals surface area contributed by atoms with Crippen LogP contribution in [0.5, 0.6) is 0 Å². The molecule has 20 heavy (non-hydrogen) atoms. The molecule has 2 heteroatoms. The molecule has 0 spiro atoms. The molecule has 0 radical (unpaired) electrons. The predicted octanol–water partition coefficient (Wildman–Crippen LogP) is 4.43. The molecule has 3 rings (SSSR count). The minimum Gasteiger partial charge on any atom is -0.388 e. The summed E-state index contributed by atoms with van der Waals surface area (Å²) in [5.74, 6) is 1.98. The van der Waals surface area contributed by atoms with E-state index in [0.29, 0.717) is 5.92 Å². The van der Waals surface area contributed by atoms with Gasteiger partial charge in [0.15, 0.2) is 0 Å². The van der Waals surface area contributed by atoms with E-state index in [0.717, 1.165) is 43.9 Å². The zero-order valence-corrected chi connectivity index (χ0v) is 12.9. The highest BCUT2D eigenvalue weighted by atomic mass is 16.3. The van der Waals surface area contributed by atoms with Crippen molar-refractivity contribution in [3.05, 3.63) is 0 Å². The Morgan fingerprint density at radius 3 is 2.65 bits per heavy atom. The Kier molecular flexibility index (Phi) is 3.84. The van der Waals surface area contributed by atoms with Crippen LogP contribution in [-0.4, -0.2) is 10.7 Å². The highest BCUT2D eigenvalue weighted by molar-refractivity contribution is 5.20. The number of hydrogen-bond donors (Lipinski definition) is 1. The van der Waals surface area contributed by atoms with Crippen LogP contribution in [0.25, 0.3) is 0 Å². The lowest BCUT2D eigenvalue weighted by atomic mass is 9.60. The lowest BCUT2D eigenvalue weighted by Crippen LogP contribution is -2.50. The first kappa shape index (κ1) is 14.4. The highest BCUT2D eigenvalue weighted by Crippen LogP contribution is 2.62. The number of rotatable bonds is 3. The third kappa shape index (κ3) is 2.10. The van der Waals surface area contributed by atoms with E-state index in [1.54, 1.807) is 0 Å². The summed E-state index contributed by atoms with van der Waals surface area (Å²) in [7, 11) is 0. The van der Waals surface area contributed by atoms with Gasteiger partial charge in [0.2, 0.25) is 0 Å². The Labute approximate surface area is 123 Å². The second-order valence-electron chi connectivity index (χ2n) is 7.78. The molecule has 0 aliphatic heterocycles. The van der Waals surface area contributed by atoms with Gasteiger partial charge in [-0.15, -0.1) is 0 Å². The molecule has 0 aromatic carbocycles. The molecule has 3 aliphatic rings. The molecule has 0 aromatic rings. The Morgan fingerprint density at radius 1 is 1.20 bits per heavy atom. The second-order valence-corrected chi connectivity index (χ2v) is 7.78. The molecule has 2 nitrogen and oxygen atoms in total. The fourth-order valence-electron chi connectivity index (χ4n) is 5.68. The molecule has 5 unspecified atom stereocenters. The molecule has 112 valence electrons. The molecule has 0 amide bonds. The molecule has 0 saturated heterocycles. The van der Waals surface area contributed by atoms with Crippen LogP contribution in [0.4, 0.5) is 0 Å². The van der Waals surface area contributed by atoms with E-state index in [4.69, 9.17) is 0 Å². The first-order valence-corrected chi connectivity index (χ1v) is 8.77. The van der Waals surface area contributed by atoms with Crippen molar-refractivity contribution in [1.29, 1.82) is 5.26 Å². The van der Waals surface area contributed by atoms with Crippen molar-refractivity contribution in [3.63, 3.8) is 0 Å². The zero-order chi connectivity index (χ0) is 14.2. The Bertz CT molecular complexity index is 401. The van der Waals surface area contributed by atoms with Crippen molar-refractivity contribution in [2.24, 2.45) is 23.2 Å². The predicted molar refractivity (Wildman–Crippen MR) is 79.9 cm³/mol. The van der Waals surface area contributed by atoms with Crippen LogP contribution in [0, 0.1) is 34.5 Å². The van der Waals surface area contributed by atoms with Crippen LogP contribution in [0.3, 0.4) is 0 Å². The average molecular weight is 275 g/mol. The quantitative estimate of drug-likeness (QED) is 0.774. The molecule has 3 fully saturated rings. The summed E-state index contributed by atoms with van der Waals surface area (Å²) in [6.07, 6.45) is 12.4. The SMILES string of the molecule is CCCC1CCCC(O)(C2(C#N)CC3CCC2C3)CC1. The largest absolute Gasteiger partial charge is 0.388 e. The number of nitrogens with zero attached hydrogens (tertiary/aromatic N) is 1. The highest BCUT2D eigenvalue weighted by Gasteiger charge is 2.61. The van der Waals surface area contributed by atoms with Gasteiger partial charge >= 0.3 is 0 Å². The van der Waals surface area contributed by atoms with Crippen molar-refractivity contribution in [2.75, 3.05) is 0 Å². The second kappa shape index (κ2) is 5.34. The lowest BCUT2D eigenvalue weighted by molar-refractivity contribution is -0.0929. The first-order chi connectivity index (χ1) is 9.63. The van der Waals surface area contributed by atoms with Gasteiger partial charge in [0.1, 0.15) is 0 Å². The summed E-state index contributed by atoms with van der Waals surface area (Å²) in [5, 5.41) is 21.3. The van der Waals surface area contributed by atoms with Gasteiger partial charge in [-0.3, -0.25) is 0 Å². The lowest BCUT2D eigenvalue weighted by Gasteiger charge is -2.45. The minimum atomic E-state index is -0.690. The smallest absolute Gasteiger partial charge is 0.0890 e. The van der Waals surface area contributed by atoms with E-state index >= 15 is 0 Å². The van der Waals surface area contributed by atoms with Crippen molar-refractivity contribution in [1.82, 2.24) is 0 Å². The number of nitriles is 1. The fourth-order valence-corrected chi connectivity index (χ4v) is 5.68. The Hall–Kier alpha value is -0.550. The average Bonchev–Trinajstić information content (AvgIpc) is 3.00. The van der Waals surface area contributed by atoms with E-state index in [1.807, 2.05) is 0 Å². The van der Waals surface area contributed by atoms with E-state index in [2.05, 4.69) is 13.0 Å². The van der Waals surface area contributed by atoms with E-state index in [-0.39, 0.29) is 0 Å². The number of fused-ring (bicyclic) bond motifs is 2. The normalized spacial score (nSPS) is 48.0. The van der Waals surface area contributed by atoms with Crippen LogP contribution in [0.15, 0.2) is 0 Å². The summed E-state index contributed by atoms with van der Waals surface area (Å²) in [6, 6.07) is 2.64. The van der Waals surface area contributed by atoms with Gasteiger partial charge in [-0.2, -0.15) is 5.26 Å². The van der Waals surface area contributed by atoms with Gasteiger partial charge in [0.25, 0.3) is 0 Å². The minimum absolute atomic E-state index is 0.406. The maximum absolute atomic E-state index is 11.4. The van der Waals surface area contributed by atoms with E-state index in [1.165, 1.54) is 38.5 Å². The zero-order valence-electron chi connectivity index (χ0n) is 12.9. The van der Waals surface area contributed by atoms with Gasteiger partial charge in [-0.1, -0.05) is 39.0 Å². The van der Waals surface area contributed by atoms with Crippen molar-refractivity contribution in [2.45, 2.75) is 83.2 Å². The number of aliphatic hydroxyl groups is 1. The van der Waals surface area contributed by atoms with Crippen LogP contribution in [0.2, 0.25) is 0 Å². The van der Waals surface area contributed by atoms with Gasteiger partial charge in [-0.25, -0.2) is 0 Å². The van der Waals surface area contributed by atoms with Gasteiger partial charge in [-0.05, 0) is 56.3 Å². The third-order valence-corrected chi connectivity index (χ3v) is 6.74. The summed E-state index contributed by atoms with van der Waals surface area (Å²) in [5.41, 5.74) is -1.10. The monoisotopic (exact) mass is 275 g/mol. The van der Waals surface area contributed by atoms with Crippen LogP contribution in [-0.2, 0) is 0 Å². The first-order valence-electron chi connectivity index (χ1n) is 8.77. The molecule has 0 heterocycles. The molecule has 2 bridgehead atoms. The van der Waals surface area contributed by atoms with Gasteiger partial charge < -0.3 is 5.11 Å². The van der Waals surface area contributed by atoms with Crippen molar-refractivity contribution >= 4 is 0 Å². The summed E-state index contributed by atoms with van der Waals surface area (Å²) < 4.78 is 0. The van der Waals surface area contributed by atoms with Gasteiger partial charge in [0.05, 0.1) is 17.1 Å². The Balaban J connectivity index is 1.79. The molecule has 5 atom stereocenters. The standard InChI is InChI=1S/C18H29NO/c1-2-4-14-5-3-9-18(20,10-8-14)17(13-19)12-15-6-7-16(17)11-15/h14-16,20H,2-12H2,1H3. The van der Waals surface area contributed by atoms with Crippen molar-refractivity contribution in [3.8, 4) is 6.07 Å². The molecule has 0 aromatic heterocycles. The number of hydrogen-bond acceptors (Lipinski definition) is 2. The van der Waals surface area contributed by atoms with Gasteiger partial charge in [0, 0.05) is 0 Å². The topological polar surface area (TPSA) is 44.0 Å². The van der Waals surface area contributed by atoms with Crippen LogP contribution in [0.1, 0.15) is 77.6 Å². The molecule has 3 saturated carbocycles. The summed E-state index contributed by atoms with van der Waals surface area (Å²) >= 11 is 0. The van der Waals surface area contributed by atoms with Crippen LogP contribution < -0.4 is 0 Å². The summed E-state index contributed by atoms with van der Waals surface area (Å²) in [4.78, 5) is 0. The molecule has 3 aliphatic carbocycles. The molecule has 1 N–H and O–H groups in total. The van der Waals surface area contributed by atoms with E-state index < -0.39 is 11.0 Å². The van der Waals surface area contributed by atoms with Crippen molar-refractivity contribution < 1.29 is 5.11 Å². The Morgan fingerprint density at radius 2 is 2.05 bits per heavy atom. The van der Waals surface area contributed by atoms with Crippen LogP contribution >= 0.6 is 0 Å². The summed E-state index contributed by atoms with van der Waals surface area (Å²) in [6.45, 7) is 2.25. The third-order valence-electron chi connectivity index (χ3n) is 6.74. The fraction of sp³-hybridized carbons (Fsp3) is 0.944.